The van der Waals surface area contributed by atoms with E-state index >= 15 is 0 Å². The van der Waals surface area contributed by atoms with Gasteiger partial charge in [-0.3, -0.25) is 4.79 Å². The van der Waals surface area contributed by atoms with Crippen LogP contribution >= 0.6 is 0 Å². The van der Waals surface area contributed by atoms with Crippen LogP contribution < -0.4 is 11.1 Å². The Labute approximate surface area is 109 Å². The van der Waals surface area contributed by atoms with Crippen molar-refractivity contribution in [2.45, 2.75) is 19.3 Å². The molecule has 0 radical (unpaired) electrons. The molecule has 0 atom stereocenters. The van der Waals surface area contributed by atoms with Gasteiger partial charge in [0.25, 0.3) is 0 Å². The van der Waals surface area contributed by atoms with Crippen molar-refractivity contribution in [3.63, 3.8) is 0 Å². The van der Waals surface area contributed by atoms with E-state index in [9.17, 15) is 14.0 Å². The van der Waals surface area contributed by atoms with Crippen LogP contribution in [0.5, 0.6) is 0 Å². The van der Waals surface area contributed by atoms with Crippen molar-refractivity contribution < 1.29 is 19.1 Å². The highest BCUT2D eigenvalue weighted by atomic mass is 19.1. The first-order chi connectivity index (χ1) is 8.98. The maximum Gasteiger partial charge on any atom is 0.338 e. The van der Waals surface area contributed by atoms with Crippen LogP contribution in [0, 0.1) is 11.2 Å². The fraction of sp³-hybridized carbons (Fsp3) is 0.385. The lowest BCUT2D eigenvalue weighted by molar-refractivity contribution is -0.129. The van der Waals surface area contributed by atoms with Gasteiger partial charge in [-0.2, -0.15) is 0 Å². The Morgan fingerprint density at radius 1 is 1.42 bits per heavy atom. The van der Waals surface area contributed by atoms with Crippen LogP contribution in [0.4, 0.5) is 10.1 Å². The topological polar surface area (TPSA) is 92.4 Å². The molecule has 1 aliphatic rings. The van der Waals surface area contributed by atoms with Gasteiger partial charge in [-0.05, 0) is 31.0 Å². The Morgan fingerprint density at radius 2 is 2.11 bits per heavy atom. The number of hydrogen-bond donors (Lipinski definition) is 3. The molecule has 1 aromatic carbocycles. The van der Waals surface area contributed by atoms with Crippen molar-refractivity contribution in [3.05, 3.63) is 29.6 Å². The SMILES string of the molecule is NCC1(C(=O)Nc2ccc(F)c(C(=O)O)c2)CCC1. The molecule has 0 bridgehead atoms. The summed E-state index contributed by atoms with van der Waals surface area (Å²) in [4.78, 5) is 22.9. The number of carbonyl (C=O) groups is 2. The first kappa shape index (κ1) is 13.5. The summed E-state index contributed by atoms with van der Waals surface area (Å²) in [5, 5.41) is 11.4. The number of carbonyl (C=O) groups excluding carboxylic acids is 1. The molecule has 0 unspecified atom stereocenters. The number of amides is 1. The number of halogens is 1. The lowest BCUT2D eigenvalue weighted by atomic mass is 9.68. The van der Waals surface area contributed by atoms with E-state index in [1.165, 1.54) is 6.07 Å². The fourth-order valence-corrected chi connectivity index (χ4v) is 2.16. The van der Waals surface area contributed by atoms with E-state index in [1.807, 2.05) is 0 Å². The van der Waals surface area contributed by atoms with Gasteiger partial charge in [0.1, 0.15) is 5.82 Å². The molecular formula is C13H15FN2O3. The average Bonchev–Trinajstić information content (AvgIpc) is 2.30. The number of rotatable bonds is 4. The van der Waals surface area contributed by atoms with E-state index in [0.29, 0.717) is 0 Å². The average molecular weight is 266 g/mol. The summed E-state index contributed by atoms with van der Waals surface area (Å²) in [6.07, 6.45) is 2.40. The van der Waals surface area contributed by atoms with Crippen molar-refractivity contribution in [1.82, 2.24) is 0 Å². The van der Waals surface area contributed by atoms with Gasteiger partial charge in [-0.25, -0.2) is 9.18 Å². The van der Waals surface area contributed by atoms with Crippen molar-refractivity contribution in [3.8, 4) is 0 Å². The molecule has 6 heteroatoms. The minimum Gasteiger partial charge on any atom is -0.478 e. The highest BCUT2D eigenvalue weighted by Gasteiger charge is 2.42. The number of carboxylic acids is 1. The molecule has 2 rings (SSSR count). The maximum atomic E-state index is 13.2. The number of nitrogens with one attached hydrogen (secondary N) is 1. The smallest absolute Gasteiger partial charge is 0.338 e. The van der Waals surface area contributed by atoms with Gasteiger partial charge in [0.05, 0.1) is 11.0 Å². The molecule has 0 saturated heterocycles. The number of anilines is 1. The van der Waals surface area contributed by atoms with Gasteiger partial charge < -0.3 is 16.2 Å². The minimum atomic E-state index is -1.37. The van der Waals surface area contributed by atoms with Crippen molar-refractivity contribution in [2.75, 3.05) is 11.9 Å². The van der Waals surface area contributed by atoms with Gasteiger partial charge in [-0.1, -0.05) is 6.42 Å². The molecule has 5 nitrogen and oxygen atoms in total. The molecule has 1 amide bonds. The molecule has 1 saturated carbocycles. The molecule has 4 N–H and O–H groups in total. The normalized spacial score (nSPS) is 16.5. The third-order valence-electron chi connectivity index (χ3n) is 3.64. The highest BCUT2D eigenvalue weighted by molar-refractivity contribution is 5.97. The lowest BCUT2D eigenvalue weighted by Crippen LogP contribution is -2.47. The van der Waals surface area contributed by atoms with Crippen LogP contribution in [0.1, 0.15) is 29.6 Å². The molecule has 0 aliphatic heterocycles. The standard InChI is InChI=1S/C13H15FN2O3/c14-10-3-2-8(6-9(10)11(17)18)16-12(19)13(7-15)4-1-5-13/h2-3,6H,1,4-5,7,15H2,(H,16,19)(H,17,18). The predicted molar refractivity (Wildman–Crippen MR) is 67.3 cm³/mol. The second-order valence-corrected chi connectivity index (χ2v) is 4.79. The van der Waals surface area contributed by atoms with E-state index in [-0.39, 0.29) is 18.1 Å². The highest BCUT2D eigenvalue weighted by Crippen LogP contribution is 2.40. The van der Waals surface area contributed by atoms with Crippen LogP contribution in [0.2, 0.25) is 0 Å². The number of benzene rings is 1. The molecule has 19 heavy (non-hydrogen) atoms. The summed E-state index contributed by atoms with van der Waals surface area (Å²) in [6, 6.07) is 3.47. The number of nitrogens with two attached hydrogens (primary N) is 1. The monoisotopic (exact) mass is 266 g/mol. The Balaban J connectivity index is 2.17. The Bertz CT molecular complexity index is 521. The fourth-order valence-electron chi connectivity index (χ4n) is 2.16. The lowest BCUT2D eigenvalue weighted by Gasteiger charge is -2.39. The third kappa shape index (κ3) is 2.44. The van der Waals surface area contributed by atoms with Crippen LogP contribution in [-0.4, -0.2) is 23.5 Å². The van der Waals surface area contributed by atoms with Crippen molar-refractivity contribution in [2.24, 2.45) is 11.1 Å². The van der Waals surface area contributed by atoms with E-state index in [0.717, 1.165) is 31.4 Å². The second kappa shape index (κ2) is 4.97. The summed E-state index contributed by atoms with van der Waals surface area (Å²) >= 11 is 0. The molecule has 0 heterocycles. The Kier molecular flexibility index (Phi) is 3.53. The quantitative estimate of drug-likeness (QED) is 0.771. The third-order valence-corrected chi connectivity index (χ3v) is 3.64. The molecule has 1 fully saturated rings. The zero-order valence-electron chi connectivity index (χ0n) is 10.3. The summed E-state index contributed by atoms with van der Waals surface area (Å²) in [5.41, 5.74) is 4.86. The van der Waals surface area contributed by atoms with Gasteiger partial charge in [0.2, 0.25) is 5.91 Å². The van der Waals surface area contributed by atoms with Gasteiger partial charge in [0, 0.05) is 12.2 Å². The summed E-state index contributed by atoms with van der Waals surface area (Å²) < 4.78 is 13.2. The van der Waals surface area contributed by atoms with Crippen molar-refractivity contribution in [1.29, 1.82) is 0 Å². The molecular weight excluding hydrogens is 251 g/mol. The Morgan fingerprint density at radius 3 is 2.58 bits per heavy atom. The molecule has 0 spiro atoms. The minimum absolute atomic E-state index is 0.232. The molecule has 1 aromatic rings. The van der Waals surface area contributed by atoms with Gasteiger partial charge in [0.15, 0.2) is 0 Å². The largest absolute Gasteiger partial charge is 0.478 e. The predicted octanol–water partition coefficient (Wildman–Crippen LogP) is 1.59. The number of carboxylic acid groups (broad SMARTS) is 1. The zero-order valence-corrected chi connectivity index (χ0v) is 10.3. The maximum absolute atomic E-state index is 13.2. The zero-order chi connectivity index (χ0) is 14.0. The summed E-state index contributed by atoms with van der Waals surface area (Å²) in [5.74, 6) is -2.43. The van der Waals surface area contributed by atoms with Gasteiger partial charge in [-0.15, -0.1) is 0 Å². The number of aromatic carboxylic acids is 1. The van der Waals surface area contributed by atoms with E-state index in [4.69, 9.17) is 10.8 Å². The molecule has 1 aliphatic carbocycles. The first-order valence-electron chi connectivity index (χ1n) is 6.03. The van der Waals surface area contributed by atoms with Crippen LogP contribution in [0.15, 0.2) is 18.2 Å². The summed E-state index contributed by atoms with van der Waals surface area (Å²) in [7, 11) is 0. The molecule has 0 aromatic heterocycles. The van der Waals surface area contributed by atoms with E-state index in [2.05, 4.69) is 5.32 Å². The number of hydrogen-bond acceptors (Lipinski definition) is 3. The van der Waals surface area contributed by atoms with Crippen LogP contribution in [-0.2, 0) is 4.79 Å². The summed E-state index contributed by atoms with van der Waals surface area (Å²) in [6.45, 7) is 0.256. The molecule has 102 valence electrons. The van der Waals surface area contributed by atoms with Crippen LogP contribution in [0.3, 0.4) is 0 Å². The van der Waals surface area contributed by atoms with E-state index in [1.54, 1.807) is 0 Å². The first-order valence-corrected chi connectivity index (χ1v) is 6.03. The van der Waals surface area contributed by atoms with Gasteiger partial charge >= 0.3 is 5.97 Å². The second-order valence-electron chi connectivity index (χ2n) is 4.79. The van der Waals surface area contributed by atoms with Crippen molar-refractivity contribution >= 4 is 17.6 Å². The van der Waals surface area contributed by atoms with Crippen LogP contribution in [0.25, 0.3) is 0 Å². The Hall–Kier alpha value is -1.95. The van der Waals surface area contributed by atoms with E-state index < -0.39 is 22.8 Å².